The van der Waals surface area contributed by atoms with Crippen LogP contribution in [0.25, 0.3) is 5.69 Å². The average molecular weight is 498 g/mol. The molecule has 0 aliphatic heterocycles. The summed E-state index contributed by atoms with van der Waals surface area (Å²) < 4.78 is 35.6. The van der Waals surface area contributed by atoms with Crippen LogP contribution in [0.15, 0.2) is 44.7 Å². The van der Waals surface area contributed by atoms with Gasteiger partial charge in [0.2, 0.25) is 15.9 Å². The summed E-state index contributed by atoms with van der Waals surface area (Å²) in [4.78, 5) is 16.7. The Balaban J connectivity index is 1.67. The first-order chi connectivity index (χ1) is 15.2. The van der Waals surface area contributed by atoms with Crippen molar-refractivity contribution in [2.24, 2.45) is 0 Å². The number of hydrogen-bond acceptors (Lipinski definition) is 7. The Morgan fingerprint density at radius 3 is 2.34 bits per heavy atom. The lowest BCUT2D eigenvalue weighted by molar-refractivity contribution is 0.301. The molecule has 0 unspecified atom stereocenters. The minimum absolute atomic E-state index is 0.0400. The SMILES string of the molecule is Cc1nc(C2(NS(=O)(=O)c3ccc(-n4ncc(Cl)c(Cl)c4=O)cc3)CCCCCC2)no1. The molecule has 9 nitrogen and oxygen atoms in total. The predicted octanol–water partition coefficient (Wildman–Crippen LogP) is 3.76. The van der Waals surface area contributed by atoms with Gasteiger partial charge in [0.1, 0.15) is 5.02 Å². The number of rotatable bonds is 5. The summed E-state index contributed by atoms with van der Waals surface area (Å²) in [5, 5.41) is 7.86. The third-order valence-corrected chi connectivity index (χ3v) is 7.81. The van der Waals surface area contributed by atoms with Crippen LogP contribution in [0.3, 0.4) is 0 Å². The maximum Gasteiger partial charge on any atom is 0.291 e. The van der Waals surface area contributed by atoms with Crippen molar-refractivity contribution < 1.29 is 12.9 Å². The quantitative estimate of drug-likeness (QED) is 0.532. The van der Waals surface area contributed by atoms with Crippen molar-refractivity contribution in [3.63, 3.8) is 0 Å². The number of benzene rings is 1. The smallest absolute Gasteiger partial charge is 0.291 e. The molecule has 0 bridgehead atoms. The van der Waals surface area contributed by atoms with Gasteiger partial charge in [-0.05, 0) is 37.1 Å². The van der Waals surface area contributed by atoms with Gasteiger partial charge in [0, 0.05) is 6.92 Å². The van der Waals surface area contributed by atoms with Crippen molar-refractivity contribution in [1.82, 2.24) is 24.6 Å². The molecular formula is C20H21Cl2N5O4S. The Morgan fingerprint density at radius 2 is 1.75 bits per heavy atom. The molecule has 4 rings (SSSR count). The highest BCUT2D eigenvalue weighted by atomic mass is 35.5. The first-order valence-corrected chi connectivity index (χ1v) is 12.3. The van der Waals surface area contributed by atoms with E-state index in [1.165, 1.54) is 30.5 Å². The van der Waals surface area contributed by atoms with Crippen molar-refractivity contribution in [1.29, 1.82) is 0 Å². The molecule has 1 aromatic carbocycles. The fraction of sp³-hybridized carbons (Fsp3) is 0.400. The Hall–Kier alpha value is -2.27. The Labute approximate surface area is 194 Å². The number of hydrogen-bond donors (Lipinski definition) is 1. The van der Waals surface area contributed by atoms with Crippen LogP contribution < -0.4 is 10.3 Å². The van der Waals surface area contributed by atoms with Crippen LogP contribution in [0.5, 0.6) is 0 Å². The van der Waals surface area contributed by atoms with Crippen molar-refractivity contribution in [2.45, 2.75) is 55.9 Å². The topological polar surface area (TPSA) is 120 Å². The van der Waals surface area contributed by atoms with Gasteiger partial charge in [0.05, 0.1) is 27.3 Å². The standard InChI is InChI=1S/C20H21Cl2N5O4S/c1-13-24-19(25-31-13)20(10-4-2-3-5-11-20)26-32(29,30)15-8-6-14(7-9-15)27-18(28)17(22)16(21)12-23-27/h6-9,12,26H,2-5,10-11H2,1H3. The fourth-order valence-electron chi connectivity index (χ4n) is 3.88. The zero-order valence-corrected chi connectivity index (χ0v) is 19.5. The van der Waals surface area contributed by atoms with E-state index >= 15 is 0 Å². The normalized spacial score (nSPS) is 16.6. The van der Waals surface area contributed by atoms with Crippen LogP contribution in [0.1, 0.15) is 50.2 Å². The highest BCUT2D eigenvalue weighted by Crippen LogP contribution is 2.36. The van der Waals surface area contributed by atoms with Gasteiger partial charge < -0.3 is 4.52 Å². The first kappa shape index (κ1) is 22.9. The third-order valence-electron chi connectivity index (χ3n) is 5.51. The van der Waals surface area contributed by atoms with Crippen molar-refractivity contribution in [3.8, 4) is 5.69 Å². The van der Waals surface area contributed by atoms with Gasteiger partial charge in [-0.15, -0.1) is 0 Å². The fourth-order valence-corrected chi connectivity index (χ4v) is 5.55. The van der Waals surface area contributed by atoms with Crippen LogP contribution in [0, 0.1) is 6.92 Å². The Kier molecular flexibility index (Phi) is 6.39. The van der Waals surface area contributed by atoms with Crippen LogP contribution in [-0.4, -0.2) is 28.3 Å². The van der Waals surface area contributed by atoms with Gasteiger partial charge >= 0.3 is 0 Å². The summed E-state index contributed by atoms with van der Waals surface area (Å²) in [5.41, 5.74) is -1.18. The van der Waals surface area contributed by atoms with Gasteiger partial charge in [0.15, 0.2) is 5.82 Å². The number of aryl methyl sites for hydroxylation is 1. The second-order valence-corrected chi connectivity index (χ2v) is 10.2. The van der Waals surface area contributed by atoms with E-state index < -0.39 is 21.1 Å². The van der Waals surface area contributed by atoms with E-state index in [2.05, 4.69) is 20.0 Å². The van der Waals surface area contributed by atoms with Crippen molar-refractivity contribution in [2.75, 3.05) is 0 Å². The number of aromatic nitrogens is 4. The monoisotopic (exact) mass is 497 g/mol. The molecule has 3 aromatic rings. The summed E-state index contributed by atoms with van der Waals surface area (Å²) >= 11 is 11.7. The van der Waals surface area contributed by atoms with Gasteiger partial charge in [0.25, 0.3) is 5.56 Å². The van der Waals surface area contributed by atoms with E-state index in [9.17, 15) is 13.2 Å². The highest BCUT2D eigenvalue weighted by molar-refractivity contribution is 7.89. The van der Waals surface area contributed by atoms with E-state index in [-0.39, 0.29) is 14.9 Å². The molecule has 1 saturated carbocycles. The second-order valence-electron chi connectivity index (χ2n) is 7.76. The van der Waals surface area contributed by atoms with Gasteiger partial charge in [-0.25, -0.2) is 8.42 Å². The largest absolute Gasteiger partial charge is 0.340 e. The maximum atomic E-state index is 13.3. The van der Waals surface area contributed by atoms with E-state index in [1.807, 2.05) is 0 Å². The molecule has 0 amide bonds. The van der Waals surface area contributed by atoms with Crippen LogP contribution in [0.4, 0.5) is 0 Å². The first-order valence-electron chi connectivity index (χ1n) is 10.1. The molecule has 1 N–H and O–H groups in total. The van der Waals surface area contributed by atoms with Gasteiger partial charge in [-0.3, -0.25) is 4.79 Å². The summed E-state index contributed by atoms with van der Waals surface area (Å²) in [6.07, 6.45) is 6.13. The lowest BCUT2D eigenvalue weighted by atomic mass is 9.91. The minimum Gasteiger partial charge on any atom is -0.340 e. The van der Waals surface area contributed by atoms with Gasteiger partial charge in [-0.1, -0.05) is 54.0 Å². The number of nitrogens with zero attached hydrogens (tertiary/aromatic N) is 4. The minimum atomic E-state index is -3.92. The molecule has 1 fully saturated rings. The van der Waals surface area contributed by atoms with E-state index in [1.54, 1.807) is 6.92 Å². The molecule has 12 heteroatoms. The second kappa shape index (κ2) is 8.93. The average Bonchev–Trinajstić information content (AvgIpc) is 3.08. The zero-order chi connectivity index (χ0) is 22.9. The molecule has 0 radical (unpaired) electrons. The zero-order valence-electron chi connectivity index (χ0n) is 17.2. The molecule has 32 heavy (non-hydrogen) atoms. The number of sulfonamides is 1. The maximum absolute atomic E-state index is 13.3. The van der Waals surface area contributed by atoms with Crippen molar-refractivity contribution >= 4 is 33.2 Å². The summed E-state index contributed by atoms with van der Waals surface area (Å²) in [5.74, 6) is 0.732. The molecule has 2 aromatic heterocycles. The molecule has 170 valence electrons. The van der Waals surface area contributed by atoms with Crippen molar-refractivity contribution in [3.05, 3.63) is 62.6 Å². The van der Waals surface area contributed by atoms with E-state index in [0.717, 1.165) is 30.4 Å². The van der Waals surface area contributed by atoms with E-state index in [4.69, 9.17) is 27.7 Å². The lowest BCUT2D eigenvalue weighted by Crippen LogP contribution is -2.46. The lowest BCUT2D eigenvalue weighted by Gasteiger charge is -2.30. The molecule has 0 atom stereocenters. The van der Waals surface area contributed by atoms with E-state index in [0.29, 0.717) is 30.2 Å². The summed E-state index contributed by atoms with van der Waals surface area (Å²) in [6.45, 7) is 1.67. The van der Waals surface area contributed by atoms with Crippen LogP contribution in [0.2, 0.25) is 10.0 Å². The van der Waals surface area contributed by atoms with Gasteiger partial charge in [-0.2, -0.15) is 19.5 Å². The molecule has 1 aliphatic carbocycles. The Bertz CT molecular complexity index is 1280. The molecule has 1 aliphatic rings. The molecule has 2 heterocycles. The highest BCUT2D eigenvalue weighted by Gasteiger charge is 2.41. The summed E-state index contributed by atoms with van der Waals surface area (Å²) in [7, 11) is -3.92. The summed E-state index contributed by atoms with van der Waals surface area (Å²) in [6, 6.07) is 5.76. The molecule has 0 saturated heterocycles. The Morgan fingerprint density at radius 1 is 1.09 bits per heavy atom. The third kappa shape index (κ3) is 4.45. The number of halogens is 2. The molecular weight excluding hydrogens is 477 g/mol. The van der Waals surface area contributed by atoms with Crippen LogP contribution in [-0.2, 0) is 15.6 Å². The molecule has 0 spiro atoms. The number of nitrogens with one attached hydrogen (secondary N) is 1. The van der Waals surface area contributed by atoms with Crippen LogP contribution >= 0.6 is 23.2 Å². The predicted molar refractivity (Wildman–Crippen MR) is 119 cm³/mol.